The van der Waals surface area contributed by atoms with Gasteiger partial charge in [0.05, 0.1) is 17.3 Å². The number of hydrogen-bond donors (Lipinski definition) is 4. The molecule has 36 heavy (non-hydrogen) atoms. The van der Waals surface area contributed by atoms with Crippen LogP contribution >= 0.6 is 22.6 Å². The summed E-state index contributed by atoms with van der Waals surface area (Å²) in [5.74, 6) is -0.232. The Balaban J connectivity index is 1.90. The Morgan fingerprint density at radius 3 is 2.58 bits per heavy atom. The van der Waals surface area contributed by atoms with Crippen molar-refractivity contribution in [3.63, 3.8) is 0 Å². The third-order valence-corrected chi connectivity index (χ3v) is 6.41. The molecule has 3 rings (SSSR count). The largest absolute Gasteiger partial charge is 0.361 e. The highest BCUT2D eigenvalue weighted by atomic mass is 127. The maximum Gasteiger partial charge on any atom is 0.240 e. The summed E-state index contributed by atoms with van der Waals surface area (Å²) in [6, 6.07) is 16.1. The minimum Gasteiger partial charge on any atom is -0.361 e. The van der Waals surface area contributed by atoms with Crippen LogP contribution in [0.2, 0.25) is 0 Å². The van der Waals surface area contributed by atoms with Crippen LogP contribution < -0.4 is 16.4 Å². The number of carbonyl (C=O) groups excluding carboxylic acids is 1. The summed E-state index contributed by atoms with van der Waals surface area (Å²) < 4.78 is 1.81. The minimum atomic E-state index is -1.02. The lowest BCUT2D eigenvalue weighted by atomic mass is 9.93. The van der Waals surface area contributed by atoms with Crippen LogP contribution in [0.5, 0.6) is 0 Å². The highest BCUT2D eigenvalue weighted by Crippen LogP contribution is 2.26. The molecule has 1 heterocycles. The molecule has 0 saturated carbocycles. The van der Waals surface area contributed by atoms with Crippen LogP contribution in [0, 0.1) is 6.92 Å². The second kappa shape index (κ2) is 12.3. The van der Waals surface area contributed by atoms with Crippen LogP contribution in [-0.2, 0) is 11.2 Å². The molecule has 0 spiro atoms. The summed E-state index contributed by atoms with van der Waals surface area (Å²) in [6.07, 6.45) is 5.32. The number of amides is 1. The first-order valence-electron chi connectivity index (χ1n) is 12.0. The zero-order valence-corrected chi connectivity index (χ0v) is 23.6. The lowest BCUT2D eigenvalue weighted by Gasteiger charge is -2.27. The van der Waals surface area contributed by atoms with Gasteiger partial charge in [-0.3, -0.25) is 4.79 Å². The molecule has 5 N–H and O–H groups in total. The Morgan fingerprint density at radius 1 is 1.22 bits per heavy atom. The highest BCUT2D eigenvalue weighted by Gasteiger charge is 2.27. The Labute approximate surface area is 227 Å². The molecule has 0 saturated heterocycles. The smallest absolute Gasteiger partial charge is 0.240 e. The van der Waals surface area contributed by atoms with E-state index in [1.807, 2.05) is 41.5 Å². The molecule has 188 valence electrons. The van der Waals surface area contributed by atoms with E-state index in [1.54, 1.807) is 13.8 Å². The Morgan fingerprint density at radius 2 is 1.92 bits per heavy atom. The molecule has 5 nitrogen and oxygen atoms in total. The van der Waals surface area contributed by atoms with Crippen molar-refractivity contribution in [1.29, 1.82) is 0 Å². The number of allylic oxidation sites excluding steroid dienone is 2. The number of aromatic nitrogens is 1. The van der Waals surface area contributed by atoms with Crippen molar-refractivity contribution in [3.8, 4) is 0 Å². The number of halogens is 1. The first-order valence-corrected chi connectivity index (χ1v) is 13.2. The third-order valence-electron chi connectivity index (χ3n) is 6.10. The van der Waals surface area contributed by atoms with Crippen LogP contribution in [0.4, 0.5) is 0 Å². The summed E-state index contributed by atoms with van der Waals surface area (Å²) >= 11 is 2.14. The Hall–Kier alpha value is -3.06. The van der Waals surface area contributed by atoms with Crippen molar-refractivity contribution in [2.45, 2.75) is 52.1 Å². The molecule has 0 unspecified atom stereocenters. The number of fused-ring (bicyclic) bond motifs is 1. The van der Waals surface area contributed by atoms with E-state index in [0.717, 1.165) is 33.6 Å². The SMILES string of the molecule is C=C(Cc1c[nH]c2ccccc12)NC(=C=CI)[C@@H](C/C(=C/C)c1ccccc1C)NC(=O)C(C)(C)N. The van der Waals surface area contributed by atoms with Crippen LogP contribution in [-0.4, -0.2) is 22.5 Å². The molecule has 6 heteroatoms. The number of aryl methyl sites for hydroxylation is 1. The van der Waals surface area contributed by atoms with Crippen LogP contribution in [0.1, 0.15) is 43.9 Å². The zero-order valence-electron chi connectivity index (χ0n) is 21.4. The number of rotatable bonds is 10. The molecular weight excluding hydrogens is 559 g/mol. The van der Waals surface area contributed by atoms with E-state index in [2.05, 4.69) is 87.8 Å². The van der Waals surface area contributed by atoms with Gasteiger partial charge in [0.15, 0.2) is 0 Å². The van der Waals surface area contributed by atoms with Crippen LogP contribution in [0.15, 0.2) is 88.6 Å². The number of benzene rings is 2. The minimum absolute atomic E-state index is 0.232. The molecule has 1 atom stereocenters. The summed E-state index contributed by atoms with van der Waals surface area (Å²) in [6.45, 7) is 11.8. The predicted octanol–water partition coefficient (Wildman–Crippen LogP) is 6.27. The van der Waals surface area contributed by atoms with Crippen molar-refractivity contribution < 1.29 is 4.79 Å². The van der Waals surface area contributed by atoms with E-state index in [1.165, 1.54) is 10.9 Å². The van der Waals surface area contributed by atoms with Gasteiger partial charge in [0.25, 0.3) is 0 Å². The molecule has 0 radical (unpaired) electrons. The molecule has 0 aliphatic heterocycles. The number of aromatic amines is 1. The Kier molecular flexibility index (Phi) is 9.37. The normalized spacial score (nSPS) is 12.6. The van der Waals surface area contributed by atoms with E-state index in [9.17, 15) is 4.79 Å². The fourth-order valence-corrected chi connectivity index (χ4v) is 4.47. The van der Waals surface area contributed by atoms with Gasteiger partial charge >= 0.3 is 0 Å². The van der Waals surface area contributed by atoms with E-state index >= 15 is 0 Å². The predicted molar refractivity (Wildman–Crippen MR) is 160 cm³/mol. The molecule has 0 aliphatic carbocycles. The molecule has 2 aromatic carbocycles. The van der Waals surface area contributed by atoms with E-state index < -0.39 is 5.54 Å². The van der Waals surface area contributed by atoms with Gasteiger partial charge in [0.1, 0.15) is 0 Å². The summed E-state index contributed by atoms with van der Waals surface area (Å²) in [7, 11) is 0. The first-order chi connectivity index (χ1) is 17.1. The molecule has 1 amide bonds. The van der Waals surface area contributed by atoms with E-state index in [-0.39, 0.29) is 11.9 Å². The van der Waals surface area contributed by atoms with Crippen molar-refractivity contribution >= 4 is 45.0 Å². The van der Waals surface area contributed by atoms with E-state index in [0.29, 0.717) is 12.8 Å². The van der Waals surface area contributed by atoms with Gasteiger partial charge in [0, 0.05) is 33.3 Å². The van der Waals surface area contributed by atoms with Gasteiger partial charge < -0.3 is 21.4 Å². The summed E-state index contributed by atoms with van der Waals surface area (Å²) in [5.41, 5.74) is 15.7. The monoisotopic (exact) mass is 594 g/mol. The van der Waals surface area contributed by atoms with Gasteiger partial charge in [-0.1, -0.05) is 60.9 Å². The van der Waals surface area contributed by atoms with Gasteiger partial charge in [-0.05, 0) is 85.0 Å². The van der Waals surface area contributed by atoms with Gasteiger partial charge in [-0.25, -0.2) is 0 Å². The summed E-state index contributed by atoms with van der Waals surface area (Å²) in [4.78, 5) is 16.3. The standard InChI is InChI=1S/C30H35IN4O/c1-6-22(24-12-8-7-11-20(24)2)18-28(35-29(36)30(4,5)32)27(15-16-31)34-21(3)17-23-19-33-26-14-10-9-13-25(23)26/h6-14,16,19,28,33-34H,3,17-18,32H2,1-2,4-5H3,(H,35,36)/b22-6-/t15?,28-/m1/s1. The number of para-hydroxylation sites is 1. The molecule has 3 aromatic rings. The Bertz CT molecular complexity index is 1340. The van der Waals surface area contributed by atoms with Crippen molar-refractivity contribution in [3.05, 3.63) is 105 Å². The van der Waals surface area contributed by atoms with Crippen molar-refractivity contribution in [2.24, 2.45) is 5.73 Å². The zero-order chi connectivity index (χ0) is 26.3. The van der Waals surface area contributed by atoms with E-state index in [4.69, 9.17) is 5.73 Å². The second-order valence-electron chi connectivity index (χ2n) is 9.51. The highest BCUT2D eigenvalue weighted by molar-refractivity contribution is 14.1. The maximum atomic E-state index is 13.0. The number of carbonyl (C=O) groups is 1. The second-order valence-corrected chi connectivity index (χ2v) is 10.1. The van der Waals surface area contributed by atoms with Crippen molar-refractivity contribution in [1.82, 2.24) is 15.6 Å². The third kappa shape index (κ3) is 7.00. The molecule has 1 aromatic heterocycles. The number of H-pyrrole nitrogens is 1. The molecular formula is C30H35IN4O. The van der Waals surface area contributed by atoms with Crippen LogP contribution in [0.25, 0.3) is 16.5 Å². The van der Waals surface area contributed by atoms with Gasteiger partial charge in [-0.15, -0.1) is 0 Å². The molecule has 0 bridgehead atoms. The topological polar surface area (TPSA) is 82.9 Å². The number of hydrogen-bond acceptors (Lipinski definition) is 3. The molecule has 0 fully saturated rings. The molecule has 0 aliphatic rings. The average molecular weight is 595 g/mol. The average Bonchev–Trinajstić information content (AvgIpc) is 3.24. The van der Waals surface area contributed by atoms with Crippen LogP contribution in [0.3, 0.4) is 0 Å². The van der Waals surface area contributed by atoms with Crippen molar-refractivity contribution in [2.75, 3.05) is 0 Å². The first kappa shape index (κ1) is 27.5. The van der Waals surface area contributed by atoms with Gasteiger partial charge in [0.2, 0.25) is 5.91 Å². The number of nitrogens with one attached hydrogen (secondary N) is 3. The lowest BCUT2D eigenvalue weighted by molar-refractivity contribution is -0.125. The van der Waals surface area contributed by atoms with Gasteiger partial charge in [-0.2, -0.15) is 0 Å². The fraction of sp³-hybridized carbons (Fsp3) is 0.267. The summed E-state index contributed by atoms with van der Waals surface area (Å²) in [5, 5.41) is 7.77. The number of nitrogens with two attached hydrogens (primary N) is 1. The lowest BCUT2D eigenvalue weighted by Crippen LogP contribution is -2.53. The maximum absolute atomic E-state index is 13.0. The fourth-order valence-electron chi connectivity index (χ4n) is 4.13. The quantitative estimate of drug-likeness (QED) is 0.165.